The lowest BCUT2D eigenvalue weighted by Crippen LogP contribution is -2.58. The normalized spacial score (nSPS) is 21.2. The first-order valence-corrected chi connectivity index (χ1v) is 11.0. The first-order chi connectivity index (χ1) is 15.3. The van der Waals surface area contributed by atoms with Gasteiger partial charge in [0.15, 0.2) is 5.78 Å². The van der Waals surface area contributed by atoms with Crippen LogP contribution in [0.15, 0.2) is 48.5 Å². The van der Waals surface area contributed by atoms with Crippen LogP contribution in [0.2, 0.25) is 5.02 Å². The lowest BCUT2D eigenvalue weighted by atomic mass is 9.74. The van der Waals surface area contributed by atoms with Crippen LogP contribution in [0.1, 0.15) is 46.0 Å². The topological polar surface area (TPSA) is 95.6 Å². The molecular formula is C24H24ClN3O4. The highest BCUT2D eigenvalue weighted by atomic mass is 35.5. The highest BCUT2D eigenvalue weighted by Gasteiger charge is 2.52. The van der Waals surface area contributed by atoms with Crippen molar-refractivity contribution in [2.24, 2.45) is 5.92 Å². The van der Waals surface area contributed by atoms with Crippen LogP contribution in [0.5, 0.6) is 0 Å². The second-order valence-corrected chi connectivity index (χ2v) is 8.75. The zero-order chi connectivity index (χ0) is 22.9. The van der Waals surface area contributed by atoms with Crippen molar-refractivity contribution in [1.82, 2.24) is 15.5 Å². The monoisotopic (exact) mass is 453 g/mol. The number of likely N-dealkylation sites (tertiary alicyclic amines) is 1. The van der Waals surface area contributed by atoms with Crippen LogP contribution in [0.4, 0.5) is 4.79 Å². The van der Waals surface area contributed by atoms with Crippen molar-refractivity contribution in [3.05, 3.63) is 70.2 Å². The predicted octanol–water partition coefficient (Wildman–Crippen LogP) is 3.22. The number of hydrogen-bond acceptors (Lipinski definition) is 4. The van der Waals surface area contributed by atoms with Crippen molar-refractivity contribution < 1.29 is 19.2 Å². The maximum absolute atomic E-state index is 12.9. The van der Waals surface area contributed by atoms with E-state index in [1.54, 1.807) is 35.2 Å². The molecule has 4 amide bonds. The van der Waals surface area contributed by atoms with E-state index >= 15 is 0 Å². The molecule has 1 atom stereocenters. The van der Waals surface area contributed by atoms with Crippen LogP contribution < -0.4 is 10.6 Å². The minimum atomic E-state index is -1.10. The number of Topliss-reactive ketones (excluding diaryl/α,β-unsaturated/α-hetero) is 1. The molecule has 166 valence electrons. The fourth-order valence-electron chi connectivity index (χ4n) is 4.61. The summed E-state index contributed by atoms with van der Waals surface area (Å²) in [6.45, 7) is 2.41. The molecule has 2 fully saturated rings. The molecule has 32 heavy (non-hydrogen) atoms. The van der Waals surface area contributed by atoms with E-state index in [9.17, 15) is 19.2 Å². The Morgan fingerprint density at radius 3 is 2.22 bits per heavy atom. The Kier molecular flexibility index (Phi) is 6.02. The van der Waals surface area contributed by atoms with Gasteiger partial charge in [-0.25, -0.2) is 4.79 Å². The number of benzene rings is 2. The van der Waals surface area contributed by atoms with Crippen LogP contribution in [0.3, 0.4) is 0 Å². The average Bonchev–Trinajstić information content (AvgIpc) is 3.08. The molecule has 2 aliphatic heterocycles. The van der Waals surface area contributed by atoms with Crippen molar-refractivity contribution >= 4 is 35.2 Å². The van der Waals surface area contributed by atoms with Gasteiger partial charge in [0.2, 0.25) is 0 Å². The number of rotatable bonds is 5. The molecule has 8 heteroatoms. The summed E-state index contributed by atoms with van der Waals surface area (Å²) in [6.07, 6.45) is 1.42. The van der Waals surface area contributed by atoms with Gasteiger partial charge in [0.25, 0.3) is 11.8 Å². The molecule has 4 rings (SSSR count). The fourth-order valence-corrected chi connectivity index (χ4v) is 4.81. The molecule has 2 N–H and O–H groups in total. The number of carbonyl (C=O) groups excluding carboxylic acids is 4. The number of imide groups is 1. The molecule has 2 saturated heterocycles. The summed E-state index contributed by atoms with van der Waals surface area (Å²) in [5.74, 6) is -0.662. The molecule has 2 aromatic rings. The van der Waals surface area contributed by atoms with Gasteiger partial charge in [0.1, 0.15) is 5.54 Å². The van der Waals surface area contributed by atoms with Gasteiger partial charge in [0.05, 0.1) is 0 Å². The maximum atomic E-state index is 12.9. The minimum absolute atomic E-state index is 0.0504. The largest absolute Gasteiger partial charge is 0.339 e. The molecule has 2 aromatic carbocycles. The van der Waals surface area contributed by atoms with Gasteiger partial charge < -0.3 is 10.2 Å². The number of amides is 4. The number of nitrogens with one attached hydrogen (secondary N) is 2. The van der Waals surface area contributed by atoms with E-state index in [-0.39, 0.29) is 29.9 Å². The number of hydrogen-bond donors (Lipinski definition) is 2. The summed E-state index contributed by atoms with van der Waals surface area (Å²) in [7, 11) is 0. The molecule has 0 unspecified atom stereocenters. The summed E-state index contributed by atoms with van der Waals surface area (Å²) >= 11 is 6.33. The Morgan fingerprint density at radius 1 is 1.03 bits per heavy atom. The van der Waals surface area contributed by atoms with Gasteiger partial charge in [-0.2, -0.15) is 0 Å². The Hall–Kier alpha value is -3.19. The Morgan fingerprint density at radius 2 is 1.66 bits per heavy atom. The van der Waals surface area contributed by atoms with E-state index in [1.807, 2.05) is 18.2 Å². The van der Waals surface area contributed by atoms with E-state index in [0.717, 1.165) is 5.56 Å². The van der Waals surface area contributed by atoms with Crippen molar-refractivity contribution in [2.45, 2.75) is 31.7 Å². The zero-order valence-electron chi connectivity index (χ0n) is 17.7. The first-order valence-electron chi connectivity index (χ1n) is 10.6. The second kappa shape index (κ2) is 8.74. The van der Waals surface area contributed by atoms with Crippen molar-refractivity contribution in [1.29, 1.82) is 0 Å². The number of carbonyl (C=O) groups is 4. The highest BCUT2D eigenvalue weighted by molar-refractivity contribution is 6.31. The molecule has 0 bridgehead atoms. The molecule has 7 nitrogen and oxygen atoms in total. The fraction of sp³-hybridized carbons (Fsp3) is 0.333. The Balaban J connectivity index is 1.50. The molecular weight excluding hydrogens is 430 g/mol. The first kappa shape index (κ1) is 22.0. The van der Waals surface area contributed by atoms with Gasteiger partial charge in [-0.05, 0) is 49.4 Å². The van der Waals surface area contributed by atoms with Gasteiger partial charge in [0, 0.05) is 35.7 Å². The van der Waals surface area contributed by atoms with Gasteiger partial charge in [-0.1, -0.05) is 41.9 Å². The van der Waals surface area contributed by atoms with Gasteiger partial charge in [-0.15, -0.1) is 0 Å². The number of nitrogens with zero attached hydrogens (tertiary/aromatic N) is 1. The van der Waals surface area contributed by atoms with Crippen LogP contribution in [0, 0.1) is 5.92 Å². The molecule has 0 aromatic heterocycles. The SMILES string of the molecule is CC(=O)c1ccc(C(=O)N2CCC([C@]3(Cc4ccccc4Cl)NC(=O)NC3=O)CC2)cc1. The third-order valence-electron chi connectivity index (χ3n) is 6.41. The summed E-state index contributed by atoms with van der Waals surface area (Å²) in [4.78, 5) is 51.1. The lowest BCUT2D eigenvalue weighted by molar-refractivity contribution is -0.126. The van der Waals surface area contributed by atoms with E-state index in [0.29, 0.717) is 42.1 Å². The smallest absolute Gasteiger partial charge is 0.322 e. The average molecular weight is 454 g/mol. The molecule has 2 heterocycles. The van der Waals surface area contributed by atoms with E-state index in [1.165, 1.54) is 6.92 Å². The number of urea groups is 1. The van der Waals surface area contributed by atoms with Crippen molar-refractivity contribution in [3.63, 3.8) is 0 Å². The number of piperidine rings is 1. The Labute approximate surface area is 191 Å². The second-order valence-electron chi connectivity index (χ2n) is 8.35. The maximum Gasteiger partial charge on any atom is 0.322 e. The molecule has 0 aliphatic carbocycles. The standard InChI is InChI=1S/C24H24ClN3O4/c1-15(29)16-6-8-17(9-7-16)21(30)28-12-10-19(11-13-28)24(22(31)26-23(32)27-24)14-18-4-2-3-5-20(18)25/h2-9,19H,10-14H2,1H3,(H2,26,27,31,32)/t24-/m0/s1. The van der Waals surface area contributed by atoms with Crippen molar-refractivity contribution in [3.8, 4) is 0 Å². The predicted molar refractivity (Wildman–Crippen MR) is 120 cm³/mol. The number of halogens is 1. The van der Waals surface area contributed by atoms with E-state index in [2.05, 4.69) is 10.6 Å². The van der Waals surface area contributed by atoms with E-state index < -0.39 is 11.6 Å². The number of ketones is 1. The third-order valence-corrected chi connectivity index (χ3v) is 6.78. The summed E-state index contributed by atoms with van der Waals surface area (Å²) in [6, 6.07) is 13.4. The van der Waals surface area contributed by atoms with E-state index in [4.69, 9.17) is 11.6 Å². The third kappa shape index (κ3) is 4.12. The summed E-state index contributed by atoms with van der Waals surface area (Å²) in [5.41, 5.74) is 0.770. The van der Waals surface area contributed by atoms with Crippen molar-refractivity contribution in [2.75, 3.05) is 13.1 Å². The zero-order valence-corrected chi connectivity index (χ0v) is 18.4. The van der Waals surface area contributed by atoms with Gasteiger partial charge >= 0.3 is 6.03 Å². The van der Waals surface area contributed by atoms with Gasteiger partial charge in [-0.3, -0.25) is 19.7 Å². The quantitative estimate of drug-likeness (QED) is 0.536. The Bertz CT molecular complexity index is 1080. The summed E-state index contributed by atoms with van der Waals surface area (Å²) < 4.78 is 0. The molecule has 0 radical (unpaired) electrons. The lowest BCUT2D eigenvalue weighted by Gasteiger charge is -2.41. The molecule has 2 aliphatic rings. The minimum Gasteiger partial charge on any atom is -0.339 e. The van der Waals surface area contributed by atoms with Crippen LogP contribution in [-0.4, -0.2) is 47.2 Å². The highest BCUT2D eigenvalue weighted by Crippen LogP contribution is 2.35. The van der Waals surface area contributed by atoms with Crippen LogP contribution in [-0.2, 0) is 11.2 Å². The summed E-state index contributed by atoms with van der Waals surface area (Å²) in [5, 5.41) is 5.78. The molecule has 0 spiro atoms. The van der Waals surface area contributed by atoms with Crippen LogP contribution in [0.25, 0.3) is 0 Å². The van der Waals surface area contributed by atoms with Crippen LogP contribution >= 0.6 is 11.6 Å². The molecule has 0 saturated carbocycles.